The van der Waals surface area contributed by atoms with Crippen molar-refractivity contribution in [2.24, 2.45) is 5.92 Å². The van der Waals surface area contributed by atoms with Crippen molar-refractivity contribution in [3.05, 3.63) is 35.9 Å². The molecule has 21 heavy (non-hydrogen) atoms. The molecule has 1 aromatic carbocycles. The van der Waals surface area contributed by atoms with Crippen LogP contribution in [-0.2, 0) is 6.54 Å². The fourth-order valence-electron chi connectivity index (χ4n) is 2.59. The first-order chi connectivity index (χ1) is 10.1. The average molecular weight is 291 g/mol. The number of aliphatic hydroxyl groups is 1. The highest BCUT2D eigenvalue weighted by Crippen LogP contribution is 2.20. The fourth-order valence-corrected chi connectivity index (χ4v) is 2.59. The average Bonchev–Trinajstić information content (AvgIpc) is 2.92. The van der Waals surface area contributed by atoms with E-state index < -0.39 is 0 Å². The molecular weight excluding hydrogens is 273 g/mol. The van der Waals surface area contributed by atoms with Gasteiger partial charge in [0, 0.05) is 18.7 Å². The predicted molar refractivity (Wildman–Crippen MR) is 74.8 cm³/mol. The summed E-state index contributed by atoms with van der Waals surface area (Å²) in [6, 6.07) is 5.97. The molecule has 1 aromatic heterocycles. The first-order valence-electron chi connectivity index (χ1n) is 7.11. The zero-order valence-corrected chi connectivity index (χ0v) is 11.9. The molecule has 0 spiro atoms. The van der Waals surface area contributed by atoms with Gasteiger partial charge in [-0.05, 0) is 36.6 Å². The van der Waals surface area contributed by atoms with Crippen LogP contribution in [0.1, 0.15) is 19.2 Å². The van der Waals surface area contributed by atoms with Gasteiger partial charge in [0.05, 0.1) is 12.6 Å². The molecule has 0 saturated carbocycles. The summed E-state index contributed by atoms with van der Waals surface area (Å²) in [6.45, 7) is 4.28. The molecule has 6 heteroatoms. The standard InChI is InChI=1S/C15H18FN3O2/c1-10-8-19(7-6-13(10)20)9-14-17-15(21-18-14)11-2-4-12(16)5-3-11/h2-5,10,13,20H,6-9H2,1H3. The monoisotopic (exact) mass is 291 g/mol. The normalized spacial score (nSPS) is 23.4. The highest BCUT2D eigenvalue weighted by Gasteiger charge is 2.25. The second-order valence-corrected chi connectivity index (χ2v) is 5.59. The molecule has 0 amide bonds. The highest BCUT2D eigenvalue weighted by molar-refractivity contribution is 5.52. The Morgan fingerprint density at radius 1 is 1.38 bits per heavy atom. The van der Waals surface area contributed by atoms with E-state index in [0.29, 0.717) is 23.8 Å². The van der Waals surface area contributed by atoms with Crippen molar-refractivity contribution in [1.82, 2.24) is 15.0 Å². The summed E-state index contributed by atoms with van der Waals surface area (Å²) < 4.78 is 18.1. The maximum atomic E-state index is 12.9. The number of aliphatic hydroxyl groups excluding tert-OH is 1. The second kappa shape index (κ2) is 5.91. The van der Waals surface area contributed by atoms with E-state index in [1.54, 1.807) is 12.1 Å². The van der Waals surface area contributed by atoms with Crippen LogP contribution in [0.2, 0.25) is 0 Å². The molecule has 2 unspecified atom stereocenters. The Hall–Kier alpha value is -1.79. The van der Waals surface area contributed by atoms with Gasteiger partial charge in [-0.1, -0.05) is 12.1 Å². The minimum absolute atomic E-state index is 0.221. The Bertz CT molecular complexity index is 599. The molecule has 2 atom stereocenters. The summed E-state index contributed by atoms with van der Waals surface area (Å²) in [7, 11) is 0. The summed E-state index contributed by atoms with van der Waals surface area (Å²) in [5.74, 6) is 0.967. The van der Waals surface area contributed by atoms with Crippen LogP contribution in [0.15, 0.2) is 28.8 Å². The van der Waals surface area contributed by atoms with Gasteiger partial charge in [0.1, 0.15) is 5.82 Å². The van der Waals surface area contributed by atoms with Crippen LogP contribution in [0.5, 0.6) is 0 Å². The molecule has 1 aliphatic heterocycles. The number of nitrogens with zero attached hydrogens (tertiary/aromatic N) is 3. The summed E-state index contributed by atoms with van der Waals surface area (Å²) >= 11 is 0. The largest absolute Gasteiger partial charge is 0.393 e. The molecule has 1 fully saturated rings. The zero-order chi connectivity index (χ0) is 14.8. The van der Waals surface area contributed by atoms with Crippen LogP contribution in [0.3, 0.4) is 0 Å². The summed E-state index contributed by atoms with van der Waals surface area (Å²) in [5, 5.41) is 13.7. The van der Waals surface area contributed by atoms with E-state index in [1.165, 1.54) is 12.1 Å². The molecule has 0 aliphatic carbocycles. The minimum Gasteiger partial charge on any atom is -0.393 e. The number of halogens is 1. The SMILES string of the molecule is CC1CN(Cc2noc(-c3ccc(F)cc3)n2)CCC1O. The lowest BCUT2D eigenvalue weighted by molar-refractivity contribution is 0.0308. The molecule has 5 nitrogen and oxygen atoms in total. The first kappa shape index (κ1) is 14.2. The molecule has 1 saturated heterocycles. The van der Waals surface area contributed by atoms with Gasteiger partial charge in [-0.3, -0.25) is 4.90 Å². The second-order valence-electron chi connectivity index (χ2n) is 5.59. The zero-order valence-electron chi connectivity index (χ0n) is 11.9. The van der Waals surface area contributed by atoms with Crippen molar-refractivity contribution in [1.29, 1.82) is 0 Å². The van der Waals surface area contributed by atoms with Crippen molar-refractivity contribution in [3.63, 3.8) is 0 Å². The van der Waals surface area contributed by atoms with Gasteiger partial charge in [0.2, 0.25) is 0 Å². The summed E-state index contributed by atoms with van der Waals surface area (Å²) in [5.41, 5.74) is 0.706. The molecular formula is C15H18FN3O2. The van der Waals surface area contributed by atoms with Crippen molar-refractivity contribution in [2.45, 2.75) is 26.0 Å². The number of hydrogen-bond donors (Lipinski definition) is 1. The number of hydrogen-bond acceptors (Lipinski definition) is 5. The van der Waals surface area contributed by atoms with Crippen LogP contribution in [0.25, 0.3) is 11.5 Å². The summed E-state index contributed by atoms with van der Waals surface area (Å²) in [6.07, 6.45) is 0.547. The maximum absolute atomic E-state index is 12.9. The van der Waals surface area contributed by atoms with Crippen LogP contribution in [0, 0.1) is 11.7 Å². The van der Waals surface area contributed by atoms with Crippen molar-refractivity contribution in [3.8, 4) is 11.5 Å². The highest BCUT2D eigenvalue weighted by atomic mass is 19.1. The number of piperidine rings is 1. The Morgan fingerprint density at radius 3 is 2.86 bits per heavy atom. The first-order valence-corrected chi connectivity index (χ1v) is 7.11. The molecule has 3 rings (SSSR count). The van der Waals surface area contributed by atoms with E-state index in [4.69, 9.17) is 4.52 Å². The van der Waals surface area contributed by atoms with Gasteiger partial charge in [-0.2, -0.15) is 4.98 Å². The lowest BCUT2D eigenvalue weighted by atomic mass is 9.97. The van der Waals surface area contributed by atoms with Crippen LogP contribution >= 0.6 is 0 Å². The number of aromatic nitrogens is 2. The lowest BCUT2D eigenvalue weighted by Crippen LogP contribution is -2.41. The van der Waals surface area contributed by atoms with Crippen LogP contribution < -0.4 is 0 Å². The third-order valence-corrected chi connectivity index (χ3v) is 3.87. The number of benzene rings is 1. The molecule has 0 radical (unpaired) electrons. The van der Waals surface area contributed by atoms with Crippen molar-refractivity contribution in [2.75, 3.05) is 13.1 Å². The summed E-state index contributed by atoms with van der Waals surface area (Å²) in [4.78, 5) is 6.55. The quantitative estimate of drug-likeness (QED) is 0.938. The molecule has 1 aliphatic rings. The lowest BCUT2D eigenvalue weighted by Gasteiger charge is -2.33. The van der Waals surface area contributed by atoms with Crippen LogP contribution in [-0.4, -0.2) is 39.3 Å². The smallest absolute Gasteiger partial charge is 0.257 e. The van der Waals surface area contributed by atoms with Gasteiger partial charge in [-0.25, -0.2) is 4.39 Å². The van der Waals surface area contributed by atoms with Crippen molar-refractivity contribution >= 4 is 0 Å². The molecule has 112 valence electrons. The molecule has 2 aromatic rings. The topological polar surface area (TPSA) is 62.4 Å². The van der Waals surface area contributed by atoms with E-state index in [1.807, 2.05) is 6.92 Å². The third kappa shape index (κ3) is 3.28. The Kier molecular flexibility index (Phi) is 3.98. The minimum atomic E-state index is -0.292. The molecule has 2 heterocycles. The van der Waals surface area contributed by atoms with Gasteiger partial charge in [-0.15, -0.1) is 0 Å². The predicted octanol–water partition coefficient (Wildman–Crippen LogP) is 2.08. The van der Waals surface area contributed by atoms with Gasteiger partial charge >= 0.3 is 0 Å². The van der Waals surface area contributed by atoms with Gasteiger partial charge < -0.3 is 9.63 Å². The Balaban J connectivity index is 1.66. The number of rotatable bonds is 3. The van der Waals surface area contributed by atoms with Gasteiger partial charge in [0.25, 0.3) is 5.89 Å². The Morgan fingerprint density at radius 2 is 2.14 bits per heavy atom. The van der Waals surface area contributed by atoms with E-state index in [9.17, 15) is 9.50 Å². The van der Waals surface area contributed by atoms with Crippen molar-refractivity contribution < 1.29 is 14.0 Å². The maximum Gasteiger partial charge on any atom is 0.257 e. The van der Waals surface area contributed by atoms with E-state index in [0.717, 1.165) is 19.5 Å². The van der Waals surface area contributed by atoms with Crippen LogP contribution in [0.4, 0.5) is 4.39 Å². The van der Waals surface area contributed by atoms with Gasteiger partial charge in [0.15, 0.2) is 5.82 Å². The van der Waals surface area contributed by atoms with E-state index in [2.05, 4.69) is 15.0 Å². The number of likely N-dealkylation sites (tertiary alicyclic amines) is 1. The third-order valence-electron chi connectivity index (χ3n) is 3.87. The Labute approximate surface area is 122 Å². The van der Waals surface area contributed by atoms with E-state index >= 15 is 0 Å². The fraction of sp³-hybridized carbons (Fsp3) is 0.467. The molecule has 0 bridgehead atoms. The molecule has 1 N–H and O–H groups in total. The van der Waals surface area contributed by atoms with E-state index in [-0.39, 0.29) is 17.8 Å².